The van der Waals surface area contributed by atoms with Gasteiger partial charge in [-0.3, -0.25) is 4.57 Å². The molecule has 26 heavy (non-hydrogen) atoms. The number of imidazole rings is 1. The topological polar surface area (TPSA) is 17.8 Å². The van der Waals surface area contributed by atoms with Crippen molar-refractivity contribution in [2.24, 2.45) is 0 Å². The summed E-state index contributed by atoms with van der Waals surface area (Å²) in [5, 5.41) is 0. The van der Waals surface area contributed by atoms with Gasteiger partial charge < -0.3 is 0 Å². The van der Waals surface area contributed by atoms with Crippen molar-refractivity contribution in [2.45, 2.75) is 18.6 Å². The lowest BCUT2D eigenvalue weighted by Crippen LogP contribution is -2.13. The molecule has 0 fully saturated rings. The van der Waals surface area contributed by atoms with Gasteiger partial charge in [-0.15, -0.1) is 0 Å². The Labute approximate surface area is 157 Å². The Hall–Kier alpha value is -2.59. The van der Waals surface area contributed by atoms with Gasteiger partial charge in [-0.1, -0.05) is 54.6 Å². The number of nitrogens with zero attached hydrogens (tertiary/aromatic N) is 2. The summed E-state index contributed by atoms with van der Waals surface area (Å²) >= 11 is 0.361. The summed E-state index contributed by atoms with van der Waals surface area (Å²) in [6.45, 7) is 3.79. The van der Waals surface area contributed by atoms with E-state index in [4.69, 9.17) is 4.98 Å². The Morgan fingerprint density at radius 3 is 2.27 bits per heavy atom. The second kappa shape index (κ2) is 6.61. The van der Waals surface area contributed by atoms with E-state index < -0.39 is 4.75 Å². The molecule has 3 aromatic carbocycles. The van der Waals surface area contributed by atoms with E-state index in [-0.39, 0.29) is 0 Å². The molecule has 1 aromatic heterocycles. The summed E-state index contributed by atoms with van der Waals surface area (Å²) in [5.41, 5.74) is 4.88. The van der Waals surface area contributed by atoms with Crippen molar-refractivity contribution in [2.75, 3.05) is 0 Å². The Balaban J connectivity index is 2.06. The van der Waals surface area contributed by atoms with Crippen LogP contribution in [0.4, 0.5) is 3.89 Å². The average Bonchev–Trinajstić information content (AvgIpc) is 3.08. The number of benzene rings is 3. The van der Waals surface area contributed by atoms with E-state index >= 15 is 0 Å². The van der Waals surface area contributed by atoms with Crippen molar-refractivity contribution in [3.05, 3.63) is 84.4 Å². The third kappa shape index (κ3) is 2.80. The van der Waals surface area contributed by atoms with Crippen LogP contribution >= 0.6 is 12.1 Å². The molecule has 0 aliphatic carbocycles. The molecule has 0 saturated carbocycles. The van der Waals surface area contributed by atoms with Gasteiger partial charge in [-0.05, 0) is 43.7 Å². The molecule has 0 radical (unpaired) electrons. The molecule has 0 aliphatic heterocycles. The molecule has 2 nitrogen and oxygen atoms in total. The van der Waals surface area contributed by atoms with Crippen molar-refractivity contribution < 1.29 is 3.89 Å². The third-order valence-corrected chi connectivity index (χ3v) is 5.19. The van der Waals surface area contributed by atoms with Crippen molar-refractivity contribution >= 4 is 23.2 Å². The van der Waals surface area contributed by atoms with Crippen molar-refractivity contribution in [3.63, 3.8) is 0 Å². The molecule has 0 unspecified atom stereocenters. The molecule has 1 heterocycles. The number of halogens is 1. The van der Waals surface area contributed by atoms with Crippen LogP contribution in [0.25, 0.3) is 28.1 Å². The van der Waals surface area contributed by atoms with Crippen LogP contribution in [0.15, 0.2) is 78.9 Å². The maximum absolute atomic E-state index is 13.7. The third-order valence-electron chi connectivity index (χ3n) is 4.58. The number of para-hydroxylation sites is 3. The van der Waals surface area contributed by atoms with Gasteiger partial charge in [0.05, 0.1) is 27.9 Å². The summed E-state index contributed by atoms with van der Waals surface area (Å²) in [6.07, 6.45) is 0. The molecule has 0 aliphatic rings. The minimum atomic E-state index is -0.657. The van der Waals surface area contributed by atoms with Crippen LogP contribution in [0.3, 0.4) is 0 Å². The summed E-state index contributed by atoms with van der Waals surface area (Å²) in [5.74, 6) is 0.829. The predicted molar refractivity (Wildman–Crippen MR) is 108 cm³/mol. The largest absolute Gasteiger partial charge is 0.292 e. The first-order valence-corrected chi connectivity index (χ1v) is 9.26. The second-order valence-corrected chi connectivity index (χ2v) is 7.90. The van der Waals surface area contributed by atoms with E-state index in [0.29, 0.717) is 12.1 Å². The zero-order chi connectivity index (χ0) is 18.1. The quantitative estimate of drug-likeness (QED) is 0.410. The summed E-state index contributed by atoms with van der Waals surface area (Å²) in [4.78, 5) is 4.90. The van der Waals surface area contributed by atoms with Crippen LogP contribution < -0.4 is 0 Å². The van der Waals surface area contributed by atoms with E-state index in [9.17, 15) is 3.89 Å². The molecular weight excluding hydrogens is 343 g/mol. The van der Waals surface area contributed by atoms with Gasteiger partial charge in [-0.25, -0.2) is 4.98 Å². The van der Waals surface area contributed by atoms with Gasteiger partial charge in [-0.2, -0.15) is 3.89 Å². The van der Waals surface area contributed by atoms with E-state index in [0.717, 1.165) is 33.7 Å². The highest BCUT2D eigenvalue weighted by atomic mass is 32.2. The highest BCUT2D eigenvalue weighted by Gasteiger charge is 2.27. The molecule has 130 valence electrons. The first-order chi connectivity index (χ1) is 12.6. The summed E-state index contributed by atoms with van der Waals surface area (Å²) in [7, 11) is 0. The molecule has 0 atom stereocenters. The molecule has 0 N–H and O–H groups in total. The summed E-state index contributed by atoms with van der Waals surface area (Å²) < 4.78 is 15.2. The Morgan fingerprint density at radius 2 is 1.50 bits per heavy atom. The van der Waals surface area contributed by atoms with E-state index in [1.54, 1.807) is 0 Å². The van der Waals surface area contributed by atoms with Gasteiger partial charge >= 0.3 is 0 Å². The Morgan fingerprint density at radius 1 is 0.846 bits per heavy atom. The lowest BCUT2D eigenvalue weighted by Gasteiger charge is -2.23. The number of hydrogen-bond acceptors (Lipinski definition) is 2. The van der Waals surface area contributed by atoms with E-state index in [1.807, 2.05) is 74.5 Å². The maximum Gasteiger partial charge on any atom is 0.146 e. The van der Waals surface area contributed by atoms with E-state index in [2.05, 4.69) is 22.8 Å². The van der Waals surface area contributed by atoms with Crippen LogP contribution in [0.2, 0.25) is 0 Å². The standard InChI is InChI=1S/C22H19FN2S/c1-22(2,26-23)18-13-7-6-12-17(18)21-24-19-14-8-9-15-20(19)25(21)16-10-4-3-5-11-16/h3-15H,1-2H3. The van der Waals surface area contributed by atoms with Crippen LogP contribution in [-0.2, 0) is 4.75 Å². The maximum atomic E-state index is 13.7. The monoisotopic (exact) mass is 362 g/mol. The molecule has 0 spiro atoms. The number of hydrogen-bond donors (Lipinski definition) is 0. The lowest BCUT2D eigenvalue weighted by atomic mass is 9.96. The van der Waals surface area contributed by atoms with Crippen molar-refractivity contribution in [1.29, 1.82) is 0 Å². The van der Waals surface area contributed by atoms with Crippen LogP contribution in [-0.4, -0.2) is 9.55 Å². The number of rotatable bonds is 4. The normalized spacial score (nSPS) is 11.8. The van der Waals surface area contributed by atoms with Gasteiger partial charge in [0.1, 0.15) is 5.82 Å². The van der Waals surface area contributed by atoms with Crippen molar-refractivity contribution in [1.82, 2.24) is 9.55 Å². The molecule has 0 amide bonds. The second-order valence-electron chi connectivity index (χ2n) is 6.73. The highest BCUT2D eigenvalue weighted by Crippen LogP contribution is 2.42. The van der Waals surface area contributed by atoms with Gasteiger partial charge in [0, 0.05) is 11.3 Å². The van der Waals surface area contributed by atoms with Gasteiger partial charge in [0.15, 0.2) is 0 Å². The zero-order valence-corrected chi connectivity index (χ0v) is 15.5. The Kier molecular flexibility index (Phi) is 4.29. The number of aromatic nitrogens is 2. The van der Waals surface area contributed by atoms with Gasteiger partial charge in [0.2, 0.25) is 0 Å². The first kappa shape index (κ1) is 16.9. The summed E-state index contributed by atoms with van der Waals surface area (Å²) in [6, 6.07) is 26.2. The molecule has 0 bridgehead atoms. The fourth-order valence-corrected chi connectivity index (χ4v) is 3.55. The average molecular weight is 362 g/mol. The van der Waals surface area contributed by atoms with Gasteiger partial charge in [0.25, 0.3) is 0 Å². The minimum absolute atomic E-state index is 0.361. The first-order valence-electron chi connectivity index (χ1n) is 8.54. The molecule has 0 saturated heterocycles. The minimum Gasteiger partial charge on any atom is -0.292 e. The fourth-order valence-electron chi connectivity index (χ4n) is 3.29. The van der Waals surface area contributed by atoms with E-state index in [1.165, 1.54) is 0 Å². The molecular formula is C22H19FN2S. The molecule has 4 heteroatoms. The van der Waals surface area contributed by atoms with Crippen LogP contribution in [0.5, 0.6) is 0 Å². The molecule has 4 rings (SSSR count). The molecule has 4 aromatic rings. The number of fused-ring (bicyclic) bond motifs is 1. The SMILES string of the molecule is CC(C)(SF)c1ccccc1-c1nc2ccccc2n1-c1ccccc1. The smallest absolute Gasteiger partial charge is 0.146 e. The lowest BCUT2D eigenvalue weighted by molar-refractivity contribution is 0.742. The van der Waals surface area contributed by atoms with Crippen LogP contribution in [0, 0.1) is 0 Å². The predicted octanol–water partition coefficient (Wildman–Crippen LogP) is 6.55. The Bertz CT molecular complexity index is 1050. The van der Waals surface area contributed by atoms with Crippen molar-refractivity contribution in [3.8, 4) is 17.1 Å². The van der Waals surface area contributed by atoms with Crippen LogP contribution in [0.1, 0.15) is 19.4 Å². The highest BCUT2D eigenvalue weighted by molar-refractivity contribution is 7.95. The fraction of sp³-hybridized carbons (Fsp3) is 0.136. The zero-order valence-electron chi connectivity index (χ0n) is 14.7.